The molecule has 27 N–H and O–H groups in total. The molecule has 576 valence electrons. The van der Waals surface area contributed by atoms with E-state index in [0.29, 0.717) is 0 Å². The molecule has 10 aliphatic heterocycles. The largest absolute Gasteiger partial charge is 0.394 e. The highest BCUT2D eigenvalue weighted by Gasteiger charge is 2.59. The van der Waals surface area contributed by atoms with Gasteiger partial charge in [0.25, 0.3) is 0 Å². The number of rotatable bonds is 17. The lowest BCUT2D eigenvalue weighted by Crippen LogP contribution is -2.68. The Hall–Kier alpha value is -1.80. The van der Waals surface area contributed by atoms with Crippen molar-refractivity contribution in [1.29, 1.82) is 0 Å². The summed E-state index contributed by atoms with van der Waals surface area (Å²) in [5.41, 5.74) is 0. The Bertz CT molecular complexity index is 2470. The van der Waals surface area contributed by atoms with Gasteiger partial charge < -0.3 is 223 Å². The molecule has 0 radical (unpaired) electrons. The summed E-state index contributed by atoms with van der Waals surface area (Å²) in [5, 5.41) is 295. The van der Waals surface area contributed by atoms with Crippen LogP contribution in [0.5, 0.6) is 0 Å². The van der Waals surface area contributed by atoms with Gasteiger partial charge in [-0.1, -0.05) is 0 Å². The van der Waals surface area contributed by atoms with Crippen LogP contribution in [0.3, 0.4) is 0 Å². The van der Waals surface area contributed by atoms with Crippen molar-refractivity contribution in [2.24, 2.45) is 0 Å². The molecule has 0 aromatic rings. The van der Waals surface area contributed by atoms with Crippen molar-refractivity contribution in [2.45, 2.75) is 276 Å². The first kappa shape index (κ1) is 79.8. The van der Waals surface area contributed by atoms with E-state index in [2.05, 4.69) is 0 Å². The highest BCUT2D eigenvalue weighted by molar-refractivity contribution is 5.01. The summed E-state index contributed by atoms with van der Waals surface area (Å²) in [6.07, 6.45) is -89.8. The molecule has 0 spiro atoms. The van der Waals surface area contributed by atoms with Crippen LogP contribution in [0.25, 0.3) is 0 Å². The average Bonchev–Trinajstić information content (AvgIpc) is 0.782. The lowest BCUT2D eigenvalue weighted by Gasteiger charge is -2.49. The molecule has 45 nitrogen and oxygen atoms in total. The van der Waals surface area contributed by atoms with E-state index in [1.54, 1.807) is 0 Å². The first-order valence-electron chi connectivity index (χ1n) is 31.6. The van der Waals surface area contributed by atoms with Crippen LogP contribution in [-0.4, -0.2) is 474 Å². The van der Waals surface area contributed by atoms with Crippen LogP contribution in [0.15, 0.2) is 0 Å². The highest BCUT2D eigenvalue weighted by Crippen LogP contribution is 2.38. The van der Waals surface area contributed by atoms with Crippen molar-refractivity contribution >= 4 is 0 Å². The summed E-state index contributed by atoms with van der Waals surface area (Å²) in [4.78, 5) is 0. The van der Waals surface area contributed by atoms with Crippen molar-refractivity contribution < 1.29 is 223 Å². The summed E-state index contributed by atoms with van der Waals surface area (Å²) in [7, 11) is 0. The van der Waals surface area contributed by atoms with Crippen LogP contribution >= 0.6 is 0 Å². The van der Waals surface area contributed by atoms with Crippen molar-refractivity contribution in [2.75, 3.05) is 59.5 Å². The van der Waals surface area contributed by atoms with Crippen LogP contribution in [0.1, 0.15) is 0 Å². The van der Waals surface area contributed by atoms with Gasteiger partial charge in [-0.15, -0.1) is 0 Å². The molecule has 10 aliphatic rings. The molecule has 10 saturated heterocycles. The number of hydrogen-bond donors (Lipinski definition) is 27. The van der Waals surface area contributed by atoms with Gasteiger partial charge in [-0.3, -0.25) is 0 Å². The predicted molar refractivity (Wildman–Crippen MR) is 294 cm³/mol. The van der Waals surface area contributed by atoms with Gasteiger partial charge in [-0.25, -0.2) is 0 Å². The molecule has 0 unspecified atom stereocenters. The van der Waals surface area contributed by atoms with Crippen LogP contribution in [-0.2, 0) is 85.3 Å². The van der Waals surface area contributed by atoms with Crippen LogP contribution < -0.4 is 0 Å². The maximum Gasteiger partial charge on any atom is 0.187 e. The summed E-state index contributed by atoms with van der Waals surface area (Å²) in [5.74, 6) is 0. The van der Waals surface area contributed by atoms with Crippen LogP contribution in [0.2, 0.25) is 0 Å². The molecule has 45 atom stereocenters. The van der Waals surface area contributed by atoms with Gasteiger partial charge in [0.1, 0.15) is 220 Å². The van der Waals surface area contributed by atoms with E-state index in [9.17, 15) is 138 Å². The predicted octanol–water partition coefficient (Wildman–Crippen LogP) is -19.6. The molecule has 0 saturated carbocycles. The third kappa shape index (κ3) is 16.5. The SMILES string of the molecule is OC[C@H]1O[C@H](OC[C@H]2O[C@H](O[C@@H]3[C@@H](O)[C@@H](OC[C@H]4O[C@H](OC[C@H]5O[C@H](O[C@H]6[C@H](O)[C@@H]7O[C@@H]8[C@@H](O)[C@@H](OC[C@H]9O[C@H](O[C@@H]%10[C@@H](O)[C@@H](OC[C@H](O7)[C@@H]6O)O[C@H](CO)[C@H]%10O)[C@H](O)[C@@H](O)[C@@H]9O)O[C@H](CO)[C@H]8O)[C@H](O)[C@@H](O)[C@@H]5O)[C@H](O)[C@@H](O)[C@@H]4O)O[C@H](CO)[C@H]3O)[C@H](O)[C@@H](O)[C@@H]2O)[C@H](O)[C@@H](O)[C@@H]1O. The van der Waals surface area contributed by atoms with Gasteiger partial charge in [0.2, 0.25) is 0 Å². The number of aliphatic hydroxyl groups is 27. The van der Waals surface area contributed by atoms with Gasteiger partial charge >= 0.3 is 0 Å². The normalized spacial score (nSPS) is 55.0. The lowest BCUT2D eigenvalue weighted by atomic mass is 9.95. The molecular formula is C54H90O45. The van der Waals surface area contributed by atoms with Gasteiger partial charge in [-0.2, -0.15) is 0 Å². The molecule has 0 aromatic carbocycles. The average molecular weight is 1460 g/mol. The zero-order valence-corrected chi connectivity index (χ0v) is 51.8. The molecule has 0 aromatic heterocycles. The monoisotopic (exact) mass is 1460 g/mol. The fraction of sp³-hybridized carbons (Fsp3) is 1.00. The topological polar surface area (TPSA) is 712 Å². The van der Waals surface area contributed by atoms with Crippen molar-refractivity contribution in [3.63, 3.8) is 0 Å². The smallest absolute Gasteiger partial charge is 0.187 e. The maximum absolute atomic E-state index is 11.9. The van der Waals surface area contributed by atoms with Gasteiger partial charge in [-0.05, 0) is 0 Å². The Morgan fingerprint density at radius 1 is 0.222 bits per heavy atom. The van der Waals surface area contributed by atoms with Gasteiger partial charge in [0, 0.05) is 0 Å². The Kier molecular flexibility index (Phi) is 27.4. The second-order valence-corrected chi connectivity index (χ2v) is 25.5. The van der Waals surface area contributed by atoms with E-state index >= 15 is 0 Å². The van der Waals surface area contributed by atoms with E-state index < -0.39 is 336 Å². The fourth-order valence-electron chi connectivity index (χ4n) is 12.8. The number of aliphatic hydroxyl groups excluding tert-OH is 27. The first-order valence-corrected chi connectivity index (χ1v) is 31.6. The standard InChI is InChI=1S/C54H90O45/c55-1-10-19(59)28(68)33(73)46(87-10)82-6-15-21(61)30(70)35(75)51(92-15)96-42-24(64)11(2-56)88-48(38(42)78)84-5-14-20(60)29(69)34(74)47(91-14)83-7-16-22(62)31(71)37(77)53(93-16)98-45-27(67)18-9-86-50-39(79)43(25(65)12(3-57)90-50)97-52-36(76)32(72)23(63)17(94-52)8-85-49-40(80)44(26(66)13(4-58)89-49)99-54(95-18)41(45)81/h10-81H,1-9H2/t10-,11-,12-,13-,14-,15-,16-,17-,18+,19-,20-,21-,22-,23-,24-,25-,26-,27+,28+,29+,30+,31+,32+,33-,34-,35-,36-,37-,38-,39-,40-,41+,42+,43+,44+,45-,46+,47+,48+,49+,50+,51-,52-,53-,54+/m1/s1. The second-order valence-electron chi connectivity index (χ2n) is 25.5. The highest BCUT2D eigenvalue weighted by atomic mass is 16.8. The fourth-order valence-corrected chi connectivity index (χ4v) is 12.8. The lowest BCUT2D eigenvalue weighted by molar-refractivity contribution is -0.394. The van der Waals surface area contributed by atoms with E-state index in [1.165, 1.54) is 0 Å². The van der Waals surface area contributed by atoms with Crippen LogP contribution in [0, 0.1) is 0 Å². The first-order chi connectivity index (χ1) is 46.9. The zero-order chi connectivity index (χ0) is 72.1. The van der Waals surface area contributed by atoms with E-state index in [-0.39, 0.29) is 0 Å². The second kappa shape index (κ2) is 34.0. The minimum absolute atomic E-state index is 0.809. The molecule has 10 rings (SSSR count). The minimum atomic E-state index is -2.35. The molecule has 8 bridgehead atoms. The zero-order valence-electron chi connectivity index (χ0n) is 51.8. The molecule has 99 heavy (non-hydrogen) atoms. The minimum Gasteiger partial charge on any atom is -0.394 e. The number of fused-ring (bicyclic) bond motifs is 8. The molecule has 0 aliphatic carbocycles. The summed E-state index contributed by atoms with van der Waals surface area (Å²) in [6, 6.07) is 0. The third-order valence-electron chi connectivity index (χ3n) is 18.9. The van der Waals surface area contributed by atoms with E-state index in [1.807, 2.05) is 0 Å². The Morgan fingerprint density at radius 3 is 0.929 bits per heavy atom. The van der Waals surface area contributed by atoms with Crippen LogP contribution in [0.4, 0.5) is 0 Å². The quantitative estimate of drug-likeness (QED) is 0.0643. The summed E-state index contributed by atoms with van der Waals surface area (Å²) < 4.78 is 102. The van der Waals surface area contributed by atoms with Crippen molar-refractivity contribution in [3.05, 3.63) is 0 Å². The number of ether oxygens (including phenoxy) is 18. The molecule has 0 amide bonds. The van der Waals surface area contributed by atoms with E-state index in [0.717, 1.165) is 0 Å². The third-order valence-corrected chi connectivity index (χ3v) is 18.9. The van der Waals surface area contributed by atoms with Gasteiger partial charge in [0.05, 0.1) is 59.5 Å². The molecule has 10 heterocycles. The summed E-state index contributed by atoms with van der Waals surface area (Å²) in [6.45, 7) is -8.41. The Labute approximate surface area is 558 Å². The van der Waals surface area contributed by atoms with E-state index in [4.69, 9.17) is 85.3 Å². The van der Waals surface area contributed by atoms with Crippen molar-refractivity contribution in [3.8, 4) is 0 Å². The maximum atomic E-state index is 11.9. The van der Waals surface area contributed by atoms with Gasteiger partial charge in [0.15, 0.2) is 56.6 Å². The Balaban J connectivity index is 0.806. The molecular weight excluding hydrogens is 1370 g/mol. The molecule has 10 fully saturated rings. The Morgan fingerprint density at radius 2 is 0.525 bits per heavy atom. The van der Waals surface area contributed by atoms with Crippen molar-refractivity contribution in [1.82, 2.24) is 0 Å². The molecule has 45 heteroatoms. The summed E-state index contributed by atoms with van der Waals surface area (Å²) >= 11 is 0. The number of hydrogen-bond acceptors (Lipinski definition) is 45.